The van der Waals surface area contributed by atoms with Gasteiger partial charge in [0.1, 0.15) is 5.82 Å². The van der Waals surface area contributed by atoms with E-state index in [1.807, 2.05) is 73.0 Å². The molecule has 0 bridgehead atoms. The number of benzene rings is 3. The van der Waals surface area contributed by atoms with E-state index in [2.05, 4.69) is 51.8 Å². The van der Waals surface area contributed by atoms with E-state index in [4.69, 9.17) is 4.98 Å². The lowest BCUT2D eigenvalue weighted by Gasteiger charge is -2.18. The molecule has 3 aromatic carbocycles. The van der Waals surface area contributed by atoms with Crippen LogP contribution in [0.5, 0.6) is 0 Å². The van der Waals surface area contributed by atoms with Gasteiger partial charge in [-0.2, -0.15) is 0 Å². The minimum absolute atomic E-state index is 0.276. The zero-order valence-electron chi connectivity index (χ0n) is 23.9. The molecule has 3 heterocycles. The molecule has 0 spiro atoms. The Bertz CT molecular complexity index is 1950. The summed E-state index contributed by atoms with van der Waals surface area (Å²) in [4.78, 5) is 32.4. The van der Waals surface area contributed by atoms with Crippen molar-refractivity contribution in [3.63, 3.8) is 0 Å². The molecule has 1 unspecified atom stereocenters. The van der Waals surface area contributed by atoms with Crippen molar-refractivity contribution in [2.24, 2.45) is 0 Å². The molecule has 0 aliphatic carbocycles. The number of H-pyrrole nitrogens is 1. The summed E-state index contributed by atoms with van der Waals surface area (Å²) < 4.78 is 4.97. The van der Waals surface area contributed by atoms with Crippen molar-refractivity contribution in [3.8, 4) is 22.5 Å². The maximum absolute atomic E-state index is 13.8. The number of nitrogens with zero attached hydrogens (tertiary/aromatic N) is 7. The third-order valence-electron chi connectivity index (χ3n) is 7.73. The fraction of sp³-hybridized carbons (Fsp3) is 0.250. The predicted octanol–water partition coefficient (Wildman–Crippen LogP) is 4.84. The van der Waals surface area contributed by atoms with E-state index in [0.29, 0.717) is 30.0 Å². The van der Waals surface area contributed by atoms with E-state index in [9.17, 15) is 9.59 Å². The smallest absolute Gasteiger partial charge is 0.318 e. The summed E-state index contributed by atoms with van der Waals surface area (Å²) >= 11 is 0. The molecule has 6 rings (SSSR count). The molecule has 3 aromatic heterocycles. The van der Waals surface area contributed by atoms with Gasteiger partial charge in [-0.1, -0.05) is 85.8 Å². The molecule has 0 saturated carbocycles. The summed E-state index contributed by atoms with van der Waals surface area (Å²) in [5.74, 6) is 1.39. The highest BCUT2D eigenvalue weighted by Gasteiger charge is 2.24. The van der Waals surface area contributed by atoms with Gasteiger partial charge in [0.15, 0.2) is 17.0 Å². The van der Waals surface area contributed by atoms with Crippen LogP contribution in [0.4, 0.5) is 0 Å². The average Bonchev–Trinajstić information content (AvgIpc) is 3.68. The first kappa shape index (κ1) is 27.1. The molecular weight excluding hydrogens is 528 g/mol. The van der Waals surface area contributed by atoms with Gasteiger partial charge in [0, 0.05) is 25.1 Å². The monoisotopic (exact) mass is 560 g/mol. The second-order valence-corrected chi connectivity index (χ2v) is 10.3. The van der Waals surface area contributed by atoms with E-state index in [0.717, 1.165) is 40.1 Å². The van der Waals surface area contributed by atoms with Gasteiger partial charge in [-0.25, -0.2) is 14.9 Å². The van der Waals surface area contributed by atoms with Crippen molar-refractivity contribution in [1.82, 2.24) is 39.3 Å². The second kappa shape index (κ2) is 11.4. The number of aryl methyl sites for hydroxylation is 1. The third-order valence-corrected chi connectivity index (χ3v) is 7.73. The van der Waals surface area contributed by atoms with Crippen LogP contribution in [0.3, 0.4) is 0 Å². The number of tetrazole rings is 1. The Kier molecular flexibility index (Phi) is 7.35. The van der Waals surface area contributed by atoms with Crippen molar-refractivity contribution < 1.29 is 0 Å². The van der Waals surface area contributed by atoms with Gasteiger partial charge in [0.25, 0.3) is 5.56 Å². The molecule has 0 radical (unpaired) electrons. The van der Waals surface area contributed by atoms with Crippen molar-refractivity contribution in [2.45, 2.75) is 52.7 Å². The highest BCUT2D eigenvalue weighted by Crippen LogP contribution is 2.30. The Morgan fingerprint density at radius 3 is 2.24 bits per heavy atom. The number of rotatable bonds is 9. The van der Waals surface area contributed by atoms with Crippen LogP contribution < -0.4 is 11.2 Å². The number of fused-ring (bicyclic) bond motifs is 1. The van der Waals surface area contributed by atoms with Crippen LogP contribution in [0.15, 0.2) is 88.5 Å². The van der Waals surface area contributed by atoms with Crippen molar-refractivity contribution in [3.05, 3.63) is 117 Å². The first-order valence-corrected chi connectivity index (χ1v) is 14.2. The summed E-state index contributed by atoms with van der Waals surface area (Å²) in [5.41, 5.74) is 5.17. The van der Waals surface area contributed by atoms with Gasteiger partial charge in [0.05, 0.1) is 6.04 Å². The lowest BCUT2D eigenvalue weighted by atomic mass is 9.98. The third kappa shape index (κ3) is 4.74. The van der Waals surface area contributed by atoms with Gasteiger partial charge in [-0.3, -0.25) is 13.9 Å². The largest absolute Gasteiger partial charge is 0.333 e. The lowest BCUT2D eigenvalue weighted by Crippen LogP contribution is -2.41. The Balaban J connectivity index is 1.46. The average molecular weight is 561 g/mol. The van der Waals surface area contributed by atoms with Crippen LogP contribution in [0.2, 0.25) is 0 Å². The Morgan fingerprint density at radius 1 is 0.857 bits per heavy atom. The Labute approximate surface area is 242 Å². The first-order valence-electron chi connectivity index (χ1n) is 14.2. The van der Waals surface area contributed by atoms with Crippen LogP contribution in [0, 0.1) is 0 Å². The van der Waals surface area contributed by atoms with Crippen LogP contribution >= 0.6 is 0 Å². The molecule has 212 valence electrons. The zero-order valence-corrected chi connectivity index (χ0v) is 23.9. The van der Waals surface area contributed by atoms with Gasteiger partial charge >= 0.3 is 5.69 Å². The number of aromatic nitrogens is 8. The summed E-state index contributed by atoms with van der Waals surface area (Å²) in [6.45, 7) is 6.62. The maximum atomic E-state index is 13.8. The molecule has 10 heteroatoms. The number of imidazole rings is 1. The number of hydrogen-bond donors (Lipinski definition) is 1. The standard InChI is InChI=1S/C32H32N8O2/c1-4-11-27-33-30-28(31(41)38(5-2)32(42)40(30)21(3)23-12-7-6-8-13-23)39(27)20-22-16-18-24(19-17-22)25-14-9-10-15-26(25)29-34-36-37-35-29/h6-10,12-19,21H,4-5,11,20H2,1-3H3,(H,34,35,36,37). The highest BCUT2D eigenvalue weighted by atomic mass is 16.2. The van der Waals surface area contributed by atoms with Gasteiger partial charge in [0.2, 0.25) is 0 Å². The summed E-state index contributed by atoms with van der Waals surface area (Å²) in [7, 11) is 0. The topological polar surface area (TPSA) is 116 Å². The minimum Gasteiger partial charge on any atom is -0.318 e. The zero-order chi connectivity index (χ0) is 29.2. The molecule has 0 fully saturated rings. The SMILES string of the molecule is CCCc1nc2c(c(=O)n(CC)c(=O)n2C(C)c2ccccc2)n1Cc1ccc(-c2ccccc2-c2nnn[nH]2)cc1. The van der Waals surface area contributed by atoms with E-state index < -0.39 is 0 Å². The summed E-state index contributed by atoms with van der Waals surface area (Å²) in [6, 6.07) is 25.8. The molecule has 0 amide bonds. The molecule has 10 nitrogen and oxygen atoms in total. The first-order chi connectivity index (χ1) is 20.5. The van der Waals surface area contributed by atoms with E-state index in [1.165, 1.54) is 4.57 Å². The fourth-order valence-electron chi connectivity index (χ4n) is 5.58. The van der Waals surface area contributed by atoms with Gasteiger partial charge in [-0.15, -0.1) is 5.10 Å². The molecule has 1 atom stereocenters. The molecule has 6 aromatic rings. The van der Waals surface area contributed by atoms with Crippen LogP contribution in [-0.2, 0) is 19.5 Å². The summed E-state index contributed by atoms with van der Waals surface area (Å²) in [5, 5.41) is 14.4. The lowest BCUT2D eigenvalue weighted by molar-refractivity contribution is 0.555. The second-order valence-electron chi connectivity index (χ2n) is 10.3. The summed E-state index contributed by atoms with van der Waals surface area (Å²) in [6.07, 6.45) is 1.54. The number of nitrogens with one attached hydrogen (secondary N) is 1. The van der Waals surface area contributed by atoms with E-state index >= 15 is 0 Å². The molecule has 42 heavy (non-hydrogen) atoms. The molecular formula is C32H32N8O2. The van der Waals surface area contributed by atoms with Gasteiger partial charge in [-0.05, 0) is 52.9 Å². The predicted molar refractivity (Wildman–Crippen MR) is 162 cm³/mol. The fourth-order valence-corrected chi connectivity index (χ4v) is 5.58. The minimum atomic E-state index is -0.343. The van der Waals surface area contributed by atoms with Crippen LogP contribution in [0.25, 0.3) is 33.7 Å². The Hall–Kier alpha value is -5.12. The van der Waals surface area contributed by atoms with Gasteiger partial charge < -0.3 is 4.57 Å². The number of aromatic amines is 1. The van der Waals surface area contributed by atoms with Crippen LogP contribution in [0.1, 0.15) is 50.2 Å². The number of hydrogen-bond acceptors (Lipinski definition) is 6. The molecule has 1 N–H and O–H groups in total. The highest BCUT2D eigenvalue weighted by molar-refractivity contribution is 5.80. The maximum Gasteiger partial charge on any atom is 0.333 e. The quantitative estimate of drug-likeness (QED) is 0.271. The van der Waals surface area contributed by atoms with E-state index in [1.54, 1.807) is 4.57 Å². The van der Waals surface area contributed by atoms with Crippen molar-refractivity contribution >= 4 is 11.2 Å². The van der Waals surface area contributed by atoms with Crippen LogP contribution in [-0.4, -0.2) is 39.3 Å². The van der Waals surface area contributed by atoms with Crippen molar-refractivity contribution in [1.29, 1.82) is 0 Å². The Morgan fingerprint density at radius 2 is 1.57 bits per heavy atom. The normalized spacial score (nSPS) is 12.2. The van der Waals surface area contributed by atoms with E-state index in [-0.39, 0.29) is 23.8 Å². The molecule has 0 aliphatic rings. The molecule has 0 saturated heterocycles. The van der Waals surface area contributed by atoms with Crippen molar-refractivity contribution in [2.75, 3.05) is 0 Å². The molecule has 0 aliphatic heterocycles.